The zero-order valence-electron chi connectivity index (χ0n) is 13.2. The van der Waals surface area contributed by atoms with Crippen LogP contribution < -0.4 is 0 Å². The summed E-state index contributed by atoms with van der Waals surface area (Å²) in [6.07, 6.45) is 5.32. The van der Waals surface area contributed by atoms with Crippen LogP contribution in [0, 0.1) is 6.92 Å². The zero-order valence-corrected chi connectivity index (χ0v) is 14.0. The van der Waals surface area contributed by atoms with Gasteiger partial charge in [0.25, 0.3) is 0 Å². The number of hydrogen-bond donors (Lipinski definition) is 0. The lowest BCUT2D eigenvalue weighted by Gasteiger charge is -2.18. The van der Waals surface area contributed by atoms with E-state index in [2.05, 4.69) is 6.58 Å². The molecule has 0 spiro atoms. The van der Waals surface area contributed by atoms with Crippen molar-refractivity contribution in [2.45, 2.75) is 55.2 Å². The number of piperidine rings is 1. The van der Waals surface area contributed by atoms with E-state index in [0.29, 0.717) is 4.90 Å². The van der Waals surface area contributed by atoms with E-state index in [-0.39, 0.29) is 17.7 Å². The predicted molar refractivity (Wildman–Crippen MR) is 86.2 cm³/mol. The minimum absolute atomic E-state index is 0.00467. The van der Waals surface area contributed by atoms with Crippen LogP contribution in [-0.4, -0.2) is 37.5 Å². The highest BCUT2D eigenvalue weighted by molar-refractivity contribution is 7.89. The quantitative estimate of drug-likeness (QED) is 0.598. The zero-order chi connectivity index (χ0) is 16.0. The van der Waals surface area contributed by atoms with Crippen molar-refractivity contribution in [2.24, 2.45) is 0 Å². The lowest BCUT2D eigenvalue weighted by molar-refractivity contribution is 0.0962. The first-order valence-electron chi connectivity index (χ1n) is 7.72. The smallest absolute Gasteiger partial charge is 0.244 e. The number of rotatable bonds is 6. The summed E-state index contributed by atoms with van der Waals surface area (Å²) in [6, 6.07) is 7.06. The Morgan fingerprint density at radius 3 is 2.68 bits per heavy atom. The summed E-state index contributed by atoms with van der Waals surface area (Å²) < 4.78 is 33.2. The summed E-state index contributed by atoms with van der Waals surface area (Å²) in [7, 11) is -1.78. The number of benzene rings is 1. The predicted octanol–water partition coefficient (Wildman–Crippen LogP) is 2.88. The first-order valence-corrected chi connectivity index (χ1v) is 9.16. The number of allylic oxidation sites excluding steroid dienone is 1. The molecule has 0 aromatic heterocycles. The van der Waals surface area contributed by atoms with Crippen molar-refractivity contribution in [3.05, 3.63) is 42.5 Å². The molecule has 4 nitrogen and oxygen atoms in total. The summed E-state index contributed by atoms with van der Waals surface area (Å²) >= 11 is 0. The molecule has 22 heavy (non-hydrogen) atoms. The SMILES string of the molecule is C=CCC[C@]12CC[C@@H](OC)[C@H]1N2S(=O)(=O)c1ccc(C)cc1. The van der Waals surface area contributed by atoms with Gasteiger partial charge < -0.3 is 4.74 Å². The minimum atomic E-state index is -3.45. The molecule has 1 aromatic carbocycles. The van der Waals surface area contributed by atoms with Gasteiger partial charge in [-0.05, 0) is 44.7 Å². The van der Waals surface area contributed by atoms with Crippen LogP contribution in [0.5, 0.6) is 0 Å². The first-order chi connectivity index (χ1) is 10.5. The molecular weight excluding hydrogens is 298 g/mol. The number of ether oxygens (including phenoxy) is 1. The number of methoxy groups -OCH3 is 1. The third-order valence-electron chi connectivity index (χ3n) is 5.05. The van der Waals surface area contributed by atoms with E-state index in [9.17, 15) is 8.42 Å². The Balaban J connectivity index is 1.93. The molecule has 0 N–H and O–H groups in total. The van der Waals surface area contributed by atoms with Crippen molar-refractivity contribution in [3.8, 4) is 0 Å². The lowest BCUT2D eigenvalue weighted by Crippen LogP contribution is -2.27. The van der Waals surface area contributed by atoms with E-state index in [1.165, 1.54) is 0 Å². The summed E-state index contributed by atoms with van der Waals surface area (Å²) in [5.41, 5.74) is 0.791. The maximum atomic E-state index is 13.0. The standard InChI is InChI=1S/C17H23NO3S/c1-4-5-11-17-12-10-15(21-3)16(17)18(17)22(19,20)14-8-6-13(2)7-9-14/h4,6-9,15-16H,1,5,10-12H2,2-3H3/t15-,16-,17+,18?/m1/s1. The second-order valence-corrected chi connectivity index (χ2v) is 8.12. The van der Waals surface area contributed by atoms with Crippen LogP contribution in [0.3, 0.4) is 0 Å². The molecule has 5 heteroatoms. The highest BCUT2D eigenvalue weighted by Crippen LogP contribution is 2.59. The van der Waals surface area contributed by atoms with Crippen LogP contribution in [0.25, 0.3) is 0 Å². The molecule has 1 saturated carbocycles. The van der Waals surface area contributed by atoms with Crippen molar-refractivity contribution in [1.29, 1.82) is 0 Å². The highest BCUT2D eigenvalue weighted by Gasteiger charge is 2.73. The van der Waals surface area contributed by atoms with Gasteiger partial charge >= 0.3 is 0 Å². The Bertz CT molecular complexity index is 668. The molecule has 3 rings (SSSR count). The molecule has 0 amide bonds. The van der Waals surface area contributed by atoms with Crippen LogP contribution in [0.15, 0.2) is 41.8 Å². The Kier molecular flexibility index (Phi) is 3.91. The van der Waals surface area contributed by atoms with E-state index in [4.69, 9.17) is 4.74 Å². The van der Waals surface area contributed by atoms with Crippen molar-refractivity contribution < 1.29 is 13.2 Å². The molecule has 1 heterocycles. The number of hydrogen-bond acceptors (Lipinski definition) is 3. The molecule has 4 atom stereocenters. The minimum Gasteiger partial charge on any atom is -0.380 e. The fourth-order valence-corrected chi connectivity index (χ4v) is 5.93. The summed E-state index contributed by atoms with van der Waals surface area (Å²) in [4.78, 5) is 0.375. The van der Waals surface area contributed by atoms with E-state index < -0.39 is 10.0 Å². The van der Waals surface area contributed by atoms with Gasteiger partial charge in [-0.1, -0.05) is 23.8 Å². The van der Waals surface area contributed by atoms with Gasteiger partial charge in [0.05, 0.1) is 22.6 Å². The number of nitrogens with zero attached hydrogens (tertiary/aromatic N) is 1. The fourth-order valence-electron chi connectivity index (χ4n) is 3.87. The maximum absolute atomic E-state index is 13.0. The van der Waals surface area contributed by atoms with E-state index >= 15 is 0 Å². The molecule has 1 aliphatic carbocycles. The topological polar surface area (TPSA) is 46.4 Å². The van der Waals surface area contributed by atoms with E-state index in [0.717, 1.165) is 31.2 Å². The number of sulfonamides is 1. The molecule has 1 aromatic rings. The number of fused-ring (bicyclic) bond motifs is 1. The van der Waals surface area contributed by atoms with Crippen molar-refractivity contribution in [3.63, 3.8) is 0 Å². The van der Waals surface area contributed by atoms with Gasteiger partial charge in [0, 0.05) is 7.11 Å². The van der Waals surface area contributed by atoms with Crippen LogP contribution in [-0.2, 0) is 14.8 Å². The molecule has 1 saturated heterocycles. The third kappa shape index (κ3) is 2.23. The number of aryl methyl sites for hydroxylation is 1. The molecule has 1 aliphatic heterocycles. The summed E-state index contributed by atoms with van der Waals surface area (Å²) in [5.74, 6) is 0. The largest absolute Gasteiger partial charge is 0.380 e. The van der Waals surface area contributed by atoms with E-state index in [1.54, 1.807) is 23.5 Å². The van der Waals surface area contributed by atoms with Gasteiger partial charge in [-0.25, -0.2) is 8.42 Å². The van der Waals surface area contributed by atoms with Crippen molar-refractivity contribution >= 4 is 10.0 Å². The average Bonchev–Trinajstić information content (AvgIpc) is 3.04. The normalized spacial score (nSPS) is 33.5. The molecule has 1 unspecified atom stereocenters. The maximum Gasteiger partial charge on any atom is 0.244 e. The van der Waals surface area contributed by atoms with Gasteiger partial charge in [0.2, 0.25) is 10.0 Å². The Labute approximate surface area is 132 Å². The monoisotopic (exact) mass is 321 g/mol. The first kappa shape index (κ1) is 15.7. The van der Waals surface area contributed by atoms with E-state index in [1.807, 2.05) is 25.1 Å². The van der Waals surface area contributed by atoms with Crippen LogP contribution >= 0.6 is 0 Å². The molecular formula is C17H23NO3S. The molecule has 0 radical (unpaired) electrons. The summed E-state index contributed by atoms with van der Waals surface area (Å²) in [5, 5.41) is 0. The highest BCUT2D eigenvalue weighted by atomic mass is 32.2. The second kappa shape index (κ2) is 5.48. The fraction of sp³-hybridized carbons (Fsp3) is 0.529. The van der Waals surface area contributed by atoms with Crippen molar-refractivity contribution in [1.82, 2.24) is 4.31 Å². The molecule has 120 valence electrons. The van der Waals surface area contributed by atoms with Gasteiger partial charge in [-0.15, -0.1) is 6.58 Å². The van der Waals surface area contributed by atoms with Gasteiger partial charge in [0.15, 0.2) is 0 Å². The summed E-state index contributed by atoms with van der Waals surface area (Å²) in [6.45, 7) is 5.72. The molecule has 2 fully saturated rings. The van der Waals surface area contributed by atoms with Gasteiger partial charge in [-0.2, -0.15) is 4.31 Å². The third-order valence-corrected chi connectivity index (χ3v) is 7.03. The van der Waals surface area contributed by atoms with Gasteiger partial charge in [-0.3, -0.25) is 0 Å². The second-order valence-electron chi connectivity index (χ2n) is 6.30. The Hall–Kier alpha value is -1.17. The lowest BCUT2D eigenvalue weighted by atomic mass is 10.0. The van der Waals surface area contributed by atoms with Crippen LogP contribution in [0.1, 0.15) is 31.2 Å². The van der Waals surface area contributed by atoms with Crippen LogP contribution in [0.2, 0.25) is 0 Å². The van der Waals surface area contributed by atoms with Crippen molar-refractivity contribution in [2.75, 3.05) is 7.11 Å². The molecule has 0 bridgehead atoms. The average molecular weight is 321 g/mol. The Morgan fingerprint density at radius 1 is 1.41 bits per heavy atom. The van der Waals surface area contributed by atoms with Crippen LogP contribution in [0.4, 0.5) is 0 Å². The van der Waals surface area contributed by atoms with Gasteiger partial charge in [0.1, 0.15) is 0 Å². The molecule has 2 aliphatic rings. The Morgan fingerprint density at radius 2 is 2.09 bits per heavy atom.